The van der Waals surface area contributed by atoms with Crippen LogP contribution < -0.4 is 10.2 Å². The summed E-state index contributed by atoms with van der Waals surface area (Å²) < 4.78 is 0. The normalized spacial score (nSPS) is 12.8. The molecule has 1 aliphatic heterocycles. The number of carbonyl (C=O) groups excluding carboxylic acids is 1. The monoisotopic (exact) mass is 364 g/mol. The number of hydrogen-bond acceptors (Lipinski definition) is 4. The number of aromatic nitrogens is 2. The van der Waals surface area contributed by atoms with Crippen LogP contribution >= 0.6 is 11.6 Å². The molecule has 1 amide bonds. The molecule has 0 saturated heterocycles. The van der Waals surface area contributed by atoms with Crippen molar-refractivity contribution in [2.24, 2.45) is 0 Å². The Kier molecular flexibility index (Phi) is 4.31. The molecular formula is C20H17ClN4O. The van der Waals surface area contributed by atoms with Crippen molar-refractivity contribution in [3.8, 4) is 0 Å². The van der Waals surface area contributed by atoms with Crippen LogP contribution in [0.5, 0.6) is 0 Å². The second-order valence-corrected chi connectivity index (χ2v) is 6.64. The first-order chi connectivity index (χ1) is 12.6. The number of anilines is 3. The van der Waals surface area contributed by atoms with Crippen LogP contribution in [-0.2, 0) is 6.42 Å². The summed E-state index contributed by atoms with van der Waals surface area (Å²) in [5, 5.41) is 3.40. The van der Waals surface area contributed by atoms with Crippen molar-refractivity contribution in [1.82, 2.24) is 9.97 Å². The molecule has 0 unspecified atom stereocenters. The van der Waals surface area contributed by atoms with E-state index in [0.717, 1.165) is 30.0 Å². The van der Waals surface area contributed by atoms with Gasteiger partial charge >= 0.3 is 0 Å². The van der Waals surface area contributed by atoms with E-state index >= 15 is 0 Å². The third-order valence-corrected chi connectivity index (χ3v) is 4.72. The number of nitrogens with one attached hydrogen (secondary N) is 1. The molecule has 1 N–H and O–H groups in total. The number of rotatable bonds is 3. The Balaban J connectivity index is 1.53. The van der Waals surface area contributed by atoms with Gasteiger partial charge in [-0.25, -0.2) is 9.97 Å². The maximum atomic E-state index is 12.4. The van der Waals surface area contributed by atoms with Crippen LogP contribution in [0.1, 0.15) is 21.6 Å². The third-order valence-electron chi connectivity index (χ3n) is 4.48. The summed E-state index contributed by atoms with van der Waals surface area (Å²) in [6, 6.07) is 13.6. The molecule has 3 aromatic rings. The van der Waals surface area contributed by atoms with Gasteiger partial charge in [0, 0.05) is 22.9 Å². The molecule has 0 aliphatic carbocycles. The van der Waals surface area contributed by atoms with Gasteiger partial charge < -0.3 is 10.2 Å². The predicted molar refractivity (Wildman–Crippen MR) is 103 cm³/mol. The summed E-state index contributed by atoms with van der Waals surface area (Å²) >= 11 is 6.00. The number of carbonyl (C=O) groups is 1. The quantitative estimate of drug-likeness (QED) is 0.749. The number of hydrogen-bond donors (Lipinski definition) is 1. The van der Waals surface area contributed by atoms with E-state index < -0.39 is 0 Å². The van der Waals surface area contributed by atoms with Crippen LogP contribution in [0.15, 0.2) is 54.9 Å². The van der Waals surface area contributed by atoms with Crippen molar-refractivity contribution >= 4 is 34.7 Å². The van der Waals surface area contributed by atoms with Gasteiger partial charge in [0.15, 0.2) is 5.82 Å². The van der Waals surface area contributed by atoms with Crippen LogP contribution in [0.4, 0.5) is 17.2 Å². The molecule has 0 radical (unpaired) electrons. The maximum Gasteiger partial charge on any atom is 0.275 e. The summed E-state index contributed by atoms with van der Waals surface area (Å²) in [4.78, 5) is 23.3. The fraction of sp³-hybridized carbons (Fsp3) is 0.150. The molecule has 0 spiro atoms. The first-order valence-corrected chi connectivity index (χ1v) is 8.74. The van der Waals surface area contributed by atoms with E-state index in [9.17, 15) is 4.79 Å². The van der Waals surface area contributed by atoms with E-state index in [1.165, 1.54) is 11.8 Å². The molecular weight excluding hydrogens is 348 g/mol. The number of aryl methyl sites for hydroxylation is 1. The van der Waals surface area contributed by atoms with Gasteiger partial charge in [0.2, 0.25) is 0 Å². The van der Waals surface area contributed by atoms with Gasteiger partial charge in [-0.1, -0.05) is 35.9 Å². The Hall–Kier alpha value is -2.92. The van der Waals surface area contributed by atoms with E-state index in [0.29, 0.717) is 10.7 Å². The molecule has 2 heterocycles. The van der Waals surface area contributed by atoms with E-state index in [4.69, 9.17) is 11.6 Å². The lowest BCUT2D eigenvalue weighted by molar-refractivity contribution is 0.102. The minimum Gasteiger partial charge on any atom is -0.325 e. The fourth-order valence-corrected chi connectivity index (χ4v) is 3.24. The molecule has 0 atom stereocenters. The first-order valence-electron chi connectivity index (χ1n) is 8.37. The SMILES string of the molecule is Cc1ccc(Cl)cc1NC(=O)c1cnc(N2CCc3ccccc32)cn1. The minimum absolute atomic E-state index is 0.264. The average molecular weight is 365 g/mol. The van der Waals surface area contributed by atoms with Gasteiger partial charge in [0.1, 0.15) is 5.69 Å². The van der Waals surface area contributed by atoms with E-state index in [1.54, 1.807) is 18.3 Å². The number of halogens is 1. The van der Waals surface area contributed by atoms with E-state index in [1.807, 2.05) is 25.1 Å². The van der Waals surface area contributed by atoms with Crippen LogP contribution in [0.3, 0.4) is 0 Å². The standard InChI is InChI=1S/C20H17ClN4O/c1-13-6-7-15(21)10-16(13)24-20(26)17-11-23-19(12-22-17)25-9-8-14-4-2-3-5-18(14)25/h2-7,10-12H,8-9H2,1H3,(H,24,26). The van der Waals surface area contributed by atoms with Gasteiger partial charge in [-0.15, -0.1) is 0 Å². The summed E-state index contributed by atoms with van der Waals surface area (Å²) in [5.41, 5.74) is 4.31. The van der Waals surface area contributed by atoms with Crippen LogP contribution in [0, 0.1) is 6.92 Å². The second kappa shape index (κ2) is 6.77. The zero-order chi connectivity index (χ0) is 18.1. The molecule has 26 heavy (non-hydrogen) atoms. The largest absolute Gasteiger partial charge is 0.325 e. The molecule has 1 aromatic heterocycles. The Bertz CT molecular complexity index is 972. The molecule has 6 heteroatoms. The predicted octanol–water partition coefficient (Wildman–Crippen LogP) is 4.38. The number of benzene rings is 2. The lowest BCUT2D eigenvalue weighted by Gasteiger charge is -2.17. The fourth-order valence-electron chi connectivity index (χ4n) is 3.07. The average Bonchev–Trinajstić information content (AvgIpc) is 3.09. The summed E-state index contributed by atoms with van der Waals surface area (Å²) in [6.07, 6.45) is 4.13. The van der Waals surface area contributed by atoms with Gasteiger partial charge in [0.05, 0.1) is 12.4 Å². The van der Waals surface area contributed by atoms with E-state index in [-0.39, 0.29) is 11.6 Å². The molecule has 0 fully saturated rings. The number of fused-ring (bicyclic) bond motifs is 1. The lowest BCUT2D eigenvalue weighted by Crippen LogP contribution is -2.18. The van der Waals surface area contributed by atoms with Gasteiger partial charge in [-0.3, -0.25) is 4.79 Å². The third kappa shape index (κ3) is 3.13. The van der Waals surface area contributed by atoms with Crippen molar-refractivity contribution in [2.45, 2.75) is 13.3 Å². The zero-order valence-corrected chi connectivity index (χ0v) is 15.0. The lowest BCUT2D eigenvalue weighted by atomic mass is 10.2. The zero-order valence-electron chi connectivity index (χ0n) is 14.2. The van der Waals surface area contributed by atoms with Crippen molar-refractivity contribution in [3.05, 3.63) is 76.7 Å². The number of para-hydroxylation sites is 1. The van der Waals surface area contributed by atoms with Crippen molar-refractivity contribution < 1.29 is 4.79 Å². The van der Waals surface area contributed by atoms with Crippen molar-refractivity contribution in [1.29, 1.82) is 0 Å². The molecule has 1 aliphatic rings. The summed E-state index contributed by atoms with van der Waals surface area (Å²) in [5.74, 6) is 0.432. The first kappa shape index (κ1) is 16.5. The minimum atomic E-state index is -0.309. The summed E-state index contributed by atoms with van der Waals surface area (Å²) in [7, 11) is 0. The molecule has 0 saturated carbocycles. The molecule has 2 aromatic carbocycles. The Morgan fingerprint density at radius 2 is 2.00 bits per heavy atom. The highest BCUT2D eigenvalue weighted by atomic mass is 35.5. The van der Waals surface area contributed by atoms with Crippen molar-refractivity contribution in [2.75, 3.05) is 16.8 Å². The molecule has 0 bridgehead atoms. The Labute approximate surface area is 156 Å². The Morgan fingerprint density at radius 3 is 2.81 bits per heavy atom. The molecule has 130 valence electrons. The van der Waals surface area contributed by atoms with Crippen molar-refractivity contribution in [3.63, 3.8) is 0 Å². The van der Waals surface area contributed by atoms with Gasteiger partial charge in [0.25, 0.3) is 5.91 Å². The van der Waals surface area contributed by atoms with E-state index in [2.05, 4.69) is 32.3 Å². The van der Waals surface area contributed by atoms with Gasteiger partial charge in [-0.05, 0) is 42.7 Å². The van der Waals surface area contributed by atoms with Crippen LogP contribution in [0.25, 0.3) is 0 Å². The Morgan fingerprint density at radius 1 is 1.15 bits per heavy atom. The topological polar surface area (TPSA) is 58.1 Å². The highest BCUT2D eigenvalue weighted by Crippen LogP contribution is 2.32. The second-order valence-electron chi connectivity index (χ2n) is 6.20. The number of nitrogens with zero attached hydrogens (tertiary/aromatic N) is 3. The molecule has 5 nitrogen and oxygen atoms in total. The highest BCUT2D eigenvalue weighted by Gasteiger charge is 2.21. The molecule has 4 rings (SSSR count). The smallest absolute Gasteiger partial charge is 0.275 e. The summed E-state index contributed by atoms with van der Waals surface area (Å²) in [6.45, 7) is 2.77. The van der Waals surface area contributed by atoms with Gasteiger partial charge in [-0.2, -0.15) is 0 Å². The number of amides is 1. The van der Waals surface area contributed by atoms with Crippen LogP contribution in [-0.4, -0.2) is 22.4 Å². The van der Waals surface area contributed by atoms with Crippen LogP contribution in [0.2, 0.25) is 5.02 Å². The highest BCUT2D eigenvalue weighted by molar-refractivity contribution is 6.31. The maximum absolute atomic E-state index is 12.4.